The van der Waals surface area contributed by atoms with Crippen LogP contribution >= 0.6 is 11.3 Å². The van der Waals surface area contributed by atoms with Crippen molar-refractivity contribution in [1.29, 1.82) is 0 Å². The largest absolute Gasteiger partial charge is 0.336 e. The highest BCUT2D eigenvalue weighted by Crippen LogP contribution is 2.46. The fourth-order valence-electron chi connectivity index (χ4n) is 4.83. The molecule has 6 rings (SSSR count). The van der Waals surface area contributed by atoms with Gasteiger partial charge in [-0.3, -0.25) is 14.7 Å². The van der Waals surface area contributed by atoms with Crippen molar-refractivity contribution in [2.24, 2.45) is 5.73 Å². The predicted octanol–water partition coefficient (Wildman–Crippen LogP) is 5.00. The first-order chi connectivity index (χ1) is 17.1. The first-order valence-electron chi connectivity index (χ1n) is 11.7. The Balaban J connectivity index is 1.43. The first kappa shape index (κ1) is 21.7. The zero-order valence-corrected chi connectivity index (χ0v) is 19.8. The van der Waals surface area contributed by atoms with E-state index in [1.165, 1.54) is 11.3 Å². The van der Waals surface area contributed by atoms with Crippen molar-refractivity contribution in [2.45, 2.75) is 25.3 Å². The molecular weight excluding hydrogens is 460 g/mol. The van der Waals surface area contributed by atoms with E-state index < -0.39 is 0 Å². The normalized spacial score (nSPS) is 17.9. The van der Waals surface area contributed by atoms with E-state index >= 15 is 0 Å². The second kappa shape index (κ2) is 8.75. The fraction of sp³-hybridized carbons (Fsp3) is 0.231. The summed E-state index contributed by atoms with van der Waals surface area (Å²) >= 11 is 1.31. The number of pyridine rings is 2. The van der Waals surface area contributed by atoms with Crippen molar-refractivity contribution in [3.05, 3.63) is 65.9 Å². The van der Waals surface area contributed by atoms with Gasteiger partial charge in [0.1, 0.15) is 9.71 Å². The van der Waals surface area contributed by atoms with Crippen LogP contribution in [0.25, 0.3) is 21.3 Å². The summed E-state index contributed by atoms with van der Waals surface area (Å²) in [5, 5.41) is 3.75. The summed E-state index contributed by atoms with van der Waals surface area (Å²) in [6.07, 6.45) is 7.97. The minimum Gasteiger partial charge on any atom is -0.336 e. The molecule has 4 aromatic rings. The van der Waals surface area contributed by atoms with Gasteiger partial charge in [-0.15, -0.1) is 11.3 Å². The lowest BCUT2D eigenvalue weighted by atomic mass is 10.1. The van der Waals surface area contributed by atoms with Gasteiger partial charge in [0.2, 0.25) is 0 Å². The first-order valence-corrected chi connectivity index (χ1v) is 12.5. The Hall–Kier alpha value is -3.82. The molecule has 2 aliphatic rings. The highest BCUT2D eigenvalue weighted by atomic mass is 32.1. The molecule has 8 nitrogen and oxygen atoms in total. The Morgan fingerprint density at radius 2 is 1.97 bits per heavy atom. The molecule has 5 heterocycles. The van der Waals surface area contributed by atoms with Gasteiger partial charge in [-0.1, -0.05) is 36.8 Å². The van der Waals surface area contributed by atoms with Crippen LogP contribution in [0.3, 0.4) is 0 Å². The van der Waals surface area contributed by atoms with Crippen LogP contribution < -0.4 is 16.0 Å². The molecule has 1 atom stereocenters. The van der Waals surface area contributed by atoms with E-state index in [1.54, 1.807) is 23.5 Å². The molecular formula is C26H24N6O2S. The van der Waals surface area contributed by atoms with Gasteiger partial charge in [-0.25, -0.2) is 9.78 Å². The van der Waals surface area contributed by atoms with Gasteiger partial charge < -0.3 is 16.0 Å². The number of thiophene rings is 1. The predicted molar refractivity (Wildman–Crippen MR) is 138 cm³/mol. The molecule has 3 amide bonds. The van der Waals surface area contributed by atoms with E-state index in [4.69, 9.17) is 5.73 Å². The number of rotatable bonds is 3. The van der Waals surface area contributed by atoms with Gasteiger partial charge in [0.25, 0.3) is 5.91 Å². The van der Waals surface area contributed by atoms with E-state index in [0.717, 1.165) is 35.8 Å². The molecule has 0 unspecified atom stereocenters. The van der Waals surface area contributed by atoms with Crippen LogP contribution in [0.2, 0.25) is 0 Å². The van der Waals surface area contributed by atoms with Gasteiger partial charge in [-0.2, -0.15) is 0 Å². The number of nitrogens with one attached hydrogen (secondary N) is 1. The third kappa shape index (κ3) is 3.82. The highest BCUT2D eigenvalue weighted by Gasteiger charge is 2.34. The number of aromatic nitrogens is 2. The number of likely N-dealkylation sites (tertiary alicyclic amines) is 1. The smallest absolute Gasteiger partial charge is 0.331 e. The fourth-order valence-corrected chi connectivity index (χ4v) is 5.92. The number of nitrogens with zero attached hydrogens (tertiary/aromatic N) is 4. The molecule has 0 aliphatic carbocycles. The number of amides is 3. The number of carbonyl (C=O) groups is 2. The molecule has 3 aromatic heterocycles. The van der Waals surface area contributed by atoms with Crippen molar-refractivity contribution in [3.8, 4) is 11.1 Å². The quantitative estimate of drug-likeness (QED) is 0.426. The van der Waals surface area contributed by atoms with Gasteiger partial charge in [0.05, 0.1) is 28.6 Å². The van der Waals surface area contributed by atoms with E-state index in [-0.39, 0.29) is 18.0 Å². The van der Waals surface area contributed by atoms with Crippen molar-refractivity contribution in [1.82, 2.24) is 14.9 Å². The zero-order chi connectivity index (χ0) is 23.9. The molecule has 2 aliphatic heterocycles. The van der Waals surface area contributed by atoms with E-state index in [0.29, 0.717) is 39.9 Å². The van der Waals surface area contributed by atoms with Crippen molar-refractivity contribution >= 4 is 50.6 Å². The Labute approximate surface area is 206 Å². The molecule has 176 valence electrons. The van der Waals surface area contributed by atoms with E-state index in [2.05, 4.69) is 15.3 Å². The van der Waals surface area contributed by atoms with Crippen molar-refractivity contribution in [3.63, 3.8) is 0 Å². The zero-order valence-electron chi connectivity index (χ0n) is 19.0. The summed E-state index contributed by atoms with van der Waals surface area (Å²) in [6, 6.07) is 13.3. The van der Waals surface area contributed by atoms with Gasteiger partial charge in [0, 0.05) is 37.1 Å². The Bertz CT molecular complexity index is 1440. The third-order valence-electron chi connectivity index (χ3n) is 6.52. The molecule has 0 spiro atoms. The maximum Gasteiger partial charge on any atom is 0.331 e. The van der Waals surface area contributed by atoms with Crippen LogP contribution in [0.5, 0.6) is 0 Å². The molecule has 0 bridgehead atoms. The van der Waals surface area contributed by atoms with Gasteiger partial charge in [-0.05, 0) is 30.5 Å². The lowest BCUT2D eigenvalue weighted by molar-refractivity contribution is 0.0761. The van der Waals surface area contributed by atoms with Gasteiger partial charge in [0.15, 0.2) is 0 Å². The monoisotopic (exact) mass is 484 g/mol. The third-order valence-corrected chi connectivity index (χ3v) is 7.61. The second-order valence-electron chi connectivity index (χ2n) is 8.89. The topological polar surface area (TPSA) is 104 Å². The van der Waals surface area contributed by atoms with Crippen molar-refractivity contribution < 1.29 is 9.59 Å². The van der Waals surface area contributed by atoms with Crippen LogP contribution in [0.1, 0.15) is 28.9 Å². The maximum atomic E-state index is 13.5. The number of nitrogens with two attached hydrogens (primary N) is 1. The SMILES string of the molecule is N[C@H]1CCCCN(C(=O)c2sc3nccc4c3c2NC(=O)N4c2cncc(-c3ccccc3)c2)C1. The molecule has 9 heteroatoms. The summed E-state index contributed by atoms with van der Waals surface area (Å²) in [4.78, 5) is 40.5. The molecule has 1 aromatic carbocycles. The van der Waals surface area contributed by atoms with Crippen LogP contribution in [-0.4, -0.2) is 45.9 Å². The van der Waals surface area contributed by atoms with Crippen LogP contribution in [0.4, 0.5) is 21.9 Å². The molecule has 35 heavy (non-hydrogen) atoms. The molecule has 0 saturated carbocycles. The van der Waals surface area contributed by atoms with Crippen LogP contribution in [-0.2, 0) is 0 Å². The van der Waals surface area contributed by atoms with E-state index in [1.807, 2.05) is 47.4 Å². The second-order valence-corrected chi connectivity index (χ2v) is 9.89. The molecule has 3 N–H and O–H groups in total. The number of urea groups is 1. The Morgan fingerprint density at radius 1 is 1.11 bits per heavy atom. The summed E-state index contributed by atoms with van der Waals surface area (Å²) in [6.45, 7) is 1.18. The summed E-state index contributed by atoms with van der Waals surface area (Å²) in [7, 11) is 0. The summed E-state index contributed by atoms with van der Waals surface area (Å²) < 4.78 is 0. The number of hydrogen-bond acceptors (Lipinski definition) is 6. The van der Waals surface area contributed by atoms with Crippen LogP contribution in [0.15, 0.2) is 61.1 Å². The molecule has 1 saturated heterocycles. The number of benzene rings is 1. The average molecular weight is 485 g/mol. The molecule has 0 radical (unpaired) electrons. The standard InChI is InChI=1S/C26H24N6O2S/c27-18-8-4-5-11-31(15-18)25(33)23-22-21-20(9-10-29-24(21)35-23)32(26(34)30-22)19-12-17(13-28-14-19)16-6-2-1-3-7-16/h1-3,6-7,9-10,12-14,18H,4-5,8,11,15,27H2,(H,30,34)/t18-/m0/s1. The van der Waals surface area contributed by atoms with Crippen LogP contribution in [0, 0.1) is 0 Å². The lowest BCUT2D eigenvalue weighted by Gasteiger charge is -2.29. The van der Waals surface area contributed by atoms with Gasteiger partial charge >= 0.3 is 6.03 Å². The summed E-state index contributed by atoms with van der Waals surface area (Å²) in [5.74, 6) is -0.104. The average Bonchev–Trinajstić information content (AvgIpc) is 3.10. The maximum absolute atomic E-state index is 13.5. The number of hydrogen-bond donors (Lipinski definition) is 2. The van der Waals surface area contributed by atoms with E-state index in [9.17, 15) is 9.59 Å². The molecule has 1 fully saturated rings. The summed E-state index contributed by atoms with van der Waals surface area (Å²) in [5.41, 5.74) is 9.97. The Kier molecular flexibility index (Phi) is 5.43. The highest BCUT2D eigenvalue weighted by molar-refractivity contribution is 7.21. The minimum absolute atomic E-state index is 0.0321. The Morgan fingerprint density at radius 3 is 2.83 bits per heavy atom. The number of anilines is 3. The minimum atomic E-state index is -0.336. The lowest BCUT2D eigenvalue weighted by Crippen LogP contribution is -2.40. The van der Waals surface area contributed by atoms with Crippen molar-refractivity contribution in [2.75, 3.05) is 23.3 Å². The number of carbonyl (C=O) groups excluding carboxylic acids is 2.